The number of ether oxygens (including phenoxy) is 1. The van der Waals surface area contributed by atoms with Crippen molar-refractivity contribution in [1.82, 2.24) is 10.2 Å². The summed E-state index contributed by atoms with van der Waals surface area (Å²) < 4.78 is 5.22. The van der Waals surface area contributed by atoms with Crippen LogP contribution in [0.25, 0.3) is 0 Å². The van der Waals surface area contributed by atoms with Crippen molar-refractivity contribution in [3.05, 3.63) is 12.2 Å². The van der Waals surface area contributed by atoms with Crippen molar-refractivity contribution in [3.63, 3.8) is 0 Å². The van der Waals surface area contributed by atoms with Crippen molar-refractivity contribution in [3.8, 4) is 0 Å². The minimum atomic E-state index is -0.567. The van der Waals surface area contributed by atoms with E-state index in [0.717, 1.165) is 6.42 Å². The molecule has 5 heteroatoms. The molecule has 0 radical (unpaired) electrons. The molecule has 1 atom stereocenters. The molecule has 0 spiro atoms. The summed E-state index contributed by atoms with van der Waals surface area (Å²) in [5, 5.41) is 2.69. The average Bonchev–Trinajstić information content (AvgIpc) is 2.34. The van der Waals surface area contributed by atoms with Gasteiger partial charge >= 0.3 is 6.09 Å². The topological polar surface area (TPSA) is 58.6 Å². The summed E-state index contributed by atoms with van der Waals surface area (Å²) in [6.45, 7) is 10.5. The second kappa shape index (κ2) is 6.77. The Morgan fingerprint density at radius 2 is 1.90 bits per heavy atom. The molecule has 0 fully saturated rings. The van der Waals surface area contributed by atoms with Crippen LogP contribution in [-0.4, -0.2) is 41.6 Å². The van der Waals surface area contributed by atoms with Crippen LogP contribution in [0.5, 0.6) is 0 Å². The lowest BCUT2D eigenvalue weighted by Crippen LogP contribution is -2.52. The van der Waals surface area contributed by atoms with Crippen molar-refractivity contribution in [2.75, 3.05) is 13.1 Å². The van der Waals surface area contributed by atoms with Gasteiger partial charge in [-0.25, -0.2) is 4.79 Å². The predicted octanol–water partition coefficient (Wildman–Crippen LogP) is 2.32. The van der Waals surface area contributed by atoms with Gasteiger partial charge in [0.1, 0.15) is 11.6 Å². The molecule has 114 valence electrons. The maximum Gasteiger partial charge on any atom is 0.408 e. The number of carbonyl (C=O) groups is 2. The van der Waals surface area contributed by atoms with Crippen LogP contribution < -0.4 is 5.32 Å². The van der Waals surface area contributed by atoms with Crippen molar-refractivity contribution < 1.29 is 14.3 Å². The molecule has 0 aromatic heterocycles. The van der Waals surface area contributed by atoms with Gasteiger partial charge in [-0.1, -0.05) is 26.0 Å². The van der Waals surface area contributed by atoms with Crippen LogP contribution in [-0.2, 0) is 9.53 Å². The van der Waals surface area contributed by atoms with Crippen molar-refractivity contribution in [2.45, 2.75) is 52.7 Å². The molecule has 2 amide bonds. The van der Waals surface area contributed by atoms with E-state index in [0.29, 0.717) is 13.1 Å². The lowest BCUT2D eigenvalue weighted by atomic mass is 10.0. The minimum Gasteiger partial charge on any atom is -0.444 e. The number of hydrogen-bond donors (Lipinski definition) is 1. The molecule has 0 unspecified atom stereocenters. The Morgan fingerprint density at radius 3 is 2.35 bits per heavy atom. The Morgan fingerprint density at radius 1 is 1.25 bits per heavy atom. The van der Waals surface area contributed by atoms with Gasteiger partial charge in [0.05, 0.1) is 0 Å². The predicted molar refractivity (Wildman–Crippen MR) is 78.3 cm³/mol. The molecule has 5 nitrogen and oxygen atoms in total. The van der Waals surface area contributed by atoms with Crippen molar-refractivity contribution >= 4 is 12.0 Å². The molecule has 20 heavy (non-hydrogen) atoms. The summed E-state index contributed by atoms with van der Waals surface area (Å²) in [5.41, 5.74) is -0.567. The molecule has 0 aromatic carbocycles. The highest BCUT2D eigenvalue weighted by Gasteiger charge is 2.30. The zero-order valence-electron chi connectivity index (χ0n) is 13.1. The zero-order chi connectivity index (χ0) is 15.3. The van der Waals surface area contributed by atoms with E-state index in [1.54, 1.807) is 25.7 Å². The molecule has 0 bridgehead atoms. The Hall–Kier alpha value is -1.52. The highest BCUT2D eigenvalue weighted by molar-refractivity contribution is 5.86. The van der Waals surface area contributed by atoms with E-state index in [-0.39, 0.29) is 11.8 Å². The van der Waals surface area contributed by atoms with E-state index < -0.39 is 17.7 Å². The maximum absolute atomic E-state index is 12.5. The largest absolute Gasteiger partial charge is 0.444 e. The van der Waals surface area contributed by atoms with Gasteiger partial charge in [0.25, 0.3) is 0 Å². The first-order chi connectivity index (χ1) is 9.20. The van der Waals surface area contributed by atoms with Gasteiger partial charge < -0.3 is 15.0 Å². The molecular formula is C15H26N2O3. The lowest BCUT2D eigenvalue weighted by molar-refractivity contribution is -0.134. The summed E-state index contributed by atoms with van der Waals surface area (Å²) in [4.78, 5) is 26.1. The first-order valence-corrected chi connectivity index (χ1v) is 7.14. The Balaban J connectivity index is 2.66. The number of amides is 2. The molecule has 1 N–H and O–H groups in total. The van der Waals surface area contributed by atoms with Gasteiger partial charge in [-0.2, -0.15) is 0 Å². The van der Waals surface area contributed by atoms with Gasteiger partial charge in [0, 0.05) is 13.1 Å². The fourth-order valence-electron chi connectivity index (χ4n) is 1.99. The lowest BCUT2D eigenvalue weighted by Gasteiger charge is -2.31. The SMILES string of the molecule is CC(C)[C@@H](NC(=O)OC(C)(C)C)C(=O)N1CC=CCC1. The van der Waals surface area contributed by atoms with Crippen LogP contribution in [0, 0.1) is 5.92 Å². The van der Waals surface area contributed by atoms with E-state index in [9.17, 15) is 9.59 Å². The Labute approximate surface area is 121 Å². The van der Waals surface area contributed by atoms with Crippen LogP contribution in [0.4, 0.5) is 4.79 Å². The molecular weight excluding hydrogens is 256 g/mol. The van der Waals surface area contributed by atoms with Crippen LogP contribution in [0.15, 0.2) is 12.2 Å². The molecule has 0 saturated heterocycles. The number of hydrogen-bond acceptors (Lipinski definition) is 3. The third-order valence-corrected chi connectivity index (χ3v) is 2.97. The molecule has 0 aliphatic carbocycles. The summed E-state index contributed by atoms with van der Waals surface area (Å²) in [6, 6.07) is -0.545. The Kier molecular flexibility index (Phi) is 5.60. The monoisotopic (exact) mass is 282 g/mol. The first kappa shape index (κ1) is 16.5. The standard InChI is InChI=1S/C15H26N2O3/c1-11(2)12(16-14(19)20-15(3,4)5)13(18)17-9-7-6-8-10-17/h6-7,11-12H,8-10H2,1-5H3,(H,16,19)/t12-/m1/s1. The number of nitrogens with one attached hydrogen (secondary N) is 1. The maximum atomic E-state index is 12.5. The van der Waals surface area contributed by atoms with Crippen LogP contribution in [0.3, 0.4) is 0 Å². The van der Waals surface area contributed by atoms with Gasteiger partial charge in [0.2, 0.25) is 5.91 Å². The van der Waals surface area contributed by atoms with Crippen LogP contribution >= 0.6 is 0 Å². The third-order valence-electron chi connectivity index (χ3n) is 2.97. The fourth-order valence-corrected chi connectivity index (χ4v) is 1.99. The summed E-state index contributed by atoms with van der Waals surface area (Å²) in [5.74, 6) is -0.0314. The summed E-state index contributed by atoms with van der Waals surface area (Å²) >= 11 is 0. The average molecular weight is 282 g/mol. The second-order valence-electron chi connectivity index (χ2n) is 6.41. The van der Waals surface area contributed by atoms with Crippen molar-refractivity contribution in [1.29, 1.82) is 0 Å². The number of alkyl carbamates (subject to hydrolysis) is 1. The molecule has 0 saturated carbocycles. The quantitative estimate of drug-likeness (QED) is 0.808. The second-order valence-corrected chi connectivity index (χ2v) is 6.41. The minimum absolute atomic E-state index is 0.0147. The van der Waals surface area contributed by atoms with Gasteiger partial charge in [0.15, 0.2) is 0 Å². The van der Waals surface area contributed by atoms with E-state index in [1.807, 2.05) is 19.9 Å². The van der Waals surface area contributed by atoms with Gasteiger partial charge in [-0.05, 0) is 33.1 Å². The van der Waals surface area contributed by atoms with E-state index in [4.69, 9.17) is 4.74 Å². The molecule has 1 rings (SSSR count). The van der Waals surface area contributed by atoms with Gasteiger partial charge in [-0.3, -0.25) is 4.79 Å². The van der Waals surface area contributed by atoms with Crippen molar-refractivity contribution in [2.24, 2.45) is 5.92 Å². The third kappa shape index (κ3) is 5.23. The summed E-state index contributed by atoms with van der Waals surface area (Å²) in [6.07, 6.45) is 4.36. The van der Waals surface area contributed by atoms with E-state index in [1.165, 1.54) is 0 Å². The van der Waals surface area contributed by atoms with E-state index in [2.05, 4.69) is 11.4 Å². The zero-order valence-corrected chi connectivity index (χ0v) is 13.1. The Bertz CT molecular complexity index is 383. The van der Waals surface area contributed by atoms with Crippen LogP contribution in [0.2, 0.25) is 0 Å². The molecule has 1 aliphatic heterocycles. The first-order valence-electron chi connectivity index (χ1n) is 7.14. The van der Waals surface area contributed by atoms with E-state index >= 15 is 0 Å². The summed E-state index contributed by atoms with van der Waals surface area (Å²) in [7, 11) is 0. The number of rotatable bonds is 3. The highest BCUT2D eigenvalue weighted by Crippen LogP contribution is 2.12. The van der Waals surface area contributed by atoms with Gasteiger partial charge in [-0.15, -0.1) is 0 Å². The highest BCUT2D eigenvalue weighted by atomic mass is 16.6. The normalized spacial score (nSPS) is 17.0. The molecule has 0 aromatic rings. The number of nitrogens with zero attached hydrogens (tertiary/aromatic N) is 1. The molecule has 1 heterocycles. The van der Waals surface area contributed by atoms with Crippen LogP contribution in [0.1, 0.15) is 41.0 Å². The number of carbonyl (C=O) groups excluding carboxylic acids is 2. The molecule has 1 aliphatic rings. The smallest absolute Gasteiger partial charge is 0.408 e. The fraction of sp³-hybridized carbons (Fsp3) is 0.733.